The Hall–Kier alpha value is -1.13. The van der Waals surface area contributed by atoms with Crippen LogP contribution in [0, 0.1) is 0 Å². The van der Waals surface area contributed by atoms with Crippen molar-refractivity contribution in [1.29, 1.82) is 0 Å². The molecule has 2 saturated heterocycles. The third-order valence-electron chi connectivity index (χ3n) is 4.27. The summed E-state index contributed by atoms with van der Waals surface area (Å²) < 4.78 is 0. The van der Waals surface area contributed by atoms with E-state index in [0.717, 1.165) is 24.2 Å². The molecule has 0 spiro atoms. The van der Waals surface area contributed by atoms with Crippen molar-refractivity contribution in [2.75, 3.05) is 4.90 Å². The third-order valence-corrected chi connectivity index (χ3v) is 4.27. The first-order chi connectivity index (χ1) is 8.65. The van der Waals surface area contributed by atoms with E-state index >= 15 is 0 Å². The summed E-state index contributed by atoms with van der Waals surface area (Å²) in [5, 5.41) is 9.81. The normalized spacial score (nSPS) is 32.6. The smallest absolute Gasteiger partial charge is 0.128 e. The summed E-state index contributed by atoms with van der Waals surface area (Å²) in [6, 6.07) is 5.10. The van der Waals surface area contributed by atoms with E-state index in [9.17, 15) is 5.11 Å². The maximum atomic E-state index is 9.81. The van der Waals surface area contributed by atoms with Crippen molar-refractivity contribution in [2.24, 2.45) is 5.73 Å². The van der Waals surface area contributed by atoms with Gasteiger partial charge in [-0.1, -0.05) is 6.07 Å². The van der Waals surface area contributed by atoms with Gasteiger partial charge in [0, 0.05) is 24.3 Å². The highest BCUT2D eigenvalue weighted by Crippen LogP contribution is 2.38. The Morgan fingerprint density at radius 2 is 2.00 bits per heavy atom. The molecule has 1 aromatic heterocycles. The summed E-state index contributed by atoms with van der Waals surface area (Å²) in [7, 11) is 0. The average Bonchev–Trinajstić information content (AvgIpc) is 2.62. The van der Waals surface area contributed by atoms with Crippen LogP contribution in [0.4, 0.5) is 5.82 Å². The quantitative estimate of drug-likeness (QED) is 0.833. The first kappa shape index (κ1) is 11.9. The summed E-state index contributed by atoms with van der Waals surface area (Å²) in [6.45, 7) is 1.97. The van der Waals surface area contributed by atoms with Crippen molar-refractivity contribution in [3.05, 3.63) is 23.9 Å². The Kier molecular flexibility index (Phi) is 2.99. The number of nitrogens with zero attached hydrogens (tertiary/aromatic N) is 2. The predicted octanol–water partition coefficient (Wildman–Crippen LogP) is 1.59. The standard InChI is InChI=1S/C14H21N3O/c1-9(15)10-2-5-14(16-8-10)17-11-3-4-12(17)7-13(18)6-11/h2,5,8-9,11-13,18H,3-4,6-7,15H2,1H3/t9-,11?,12?,13?/m1/s1. The van der Waals surface area contributed by atoms with Crippen LogP contribution in [0.5, 0.6) is 0 Å². The van der Waals surface area contributed by atoms with Crippen LogP contribution in [0.3, 0.4) is 0 Å². The van der Waals surface area contributed by atoms with Gasteiger partial charge in [-0.2, -0.15) is 0 Å². The molecular weight excluding hydrogens is 226 g/mol. The second-order valence-electron chi connectivity index (χ2n) is 5.66. The molecule has 18 heavy (non-hydrogen) atoms. The molecule has 3 heterocycles. The number of fused-ring (bicyclic) bond motifs is 2. The molecule has 2 aliphatic rings. The van der Waals surface area contributed by atoms with E-state index in [4.69, 9.17) is 5.73 Å². The molecular formula is C14H21N3O. The first-order valence-electron chi connectivity index (χ1n) is 6.83. The molecule has 0 aliphatic carbocycles. The summed E-state index contributed by atoms with van der Waals surface area (Å²) >= 11 is 0. The van der Waals surface area contributed by atoms with Gasteiger partial charge in [0.15, 0.2) is 0 Å². The molecule has 0 aromatic carbocycles. The molecule has 2 unspecified atom stereocenters. The summed E-state index contributed by atoms with van der Waals surface area (Å²) in [5.74, 6) is 1.04. The SMILES string of the molecule is C[C@@H](N)c1ccc(N2C3CCC2CC(O)C3)nc1. The van der Waals surface area contributed by atoms with Gasteiger partial charge in [-0.15, -0.1) is 0 Å². The fourth-order valence-electron chi connectivity index (χ4n) is 3.34. The van der Waals surface area contributed by atoms with Crippen LogP contribution in [-0.2, 0) is 0 Å². The molecule has 2 bridgehead atoms. The first-order valence-corrected chi connectivity index (χ1v) is 6.83. The van der Waals surface area contributed by atoms with E-state index in [1.807, 2.05) is 13.1 Å². The molecule has 3 rings (SSSR count). The number of rotatable bonds is 2. The van der Waals surface area contributed by atoms with Crippen LogP contribution in [0.1, 0.15) is 44.2 Å². The fourth-order valence-corrected chi connectivity index (χ4v) is 3.34. The molecule has 0 saturated carbocycles. The maximum Gasteiger partial charge on any atom is 0.128 e. The minimum atomic E-state index is -0.123. The van der Waals surface area contributed by atoms with Crippen LogP contribution in [-0.4, -0.2) is 28.3 Å². The second-order valence-corrected chi connectivity index (χ2v) is 5.66. The molecule has 3 N–H and O–H groups in total. The molecule has 2 fully saturated rings. The number of nitrogens with two attached hydrogens (primary N) is 1. The van der Waals surface area contributed by atoms with Gasteiger partial charge in [-0.25, -0.2) is 4.98 Å². The zero-order valence-corrected chi connectivity index (χ0v) is 10.8. The number of aliphatic hydroxyl groups excluding tert-OH is 1. The average molecular weight is 247 g/mol. The lowest BCUT2D eigenvalue weighted by Crippen LogP contribution is -2.45. The Morgan fingerprint density at radius 1 is 1.33 bits per heavy atom. The minimum Gasteiger partial charge on any atom is -0.393 e. The second kappa shape index (κ2) is 4.52. The van der Waals surface area contributed by atoms with Gasteiger partial charge in [0.05, 0.1) is 6.10 Å². The lowest BCUT2D eigenvalue weighted by atomic mass is 10.00. The van der Waals surface area contributed by atoms with Crippen LogP contribution in [0.15, 0.2) is 18.3 Å². The summed E-state index contributed by atoms with van der Waals surface area (Å²) in [6.07, 6.45) is 5.88. The fraction of sp³-hybridized carbons (Fsp3) is 0.643. The molecule has 1 aromatic rings. The number of piperidine rings is 1. The molecule has 4 nitrogen and oxygen atoms in total. The number of aromatic nitrogens is 1. The summed E-state index contributed by atoms with van der Waals surface area (Å²) in [5.41, 5.74) is 6.91. The molecule has 3 atom stereocenters. The number of hydrogen-bond donors (Lipinski definition) is 2. The minimum absolute atomic E-state index is 0.0337. The Balaban J connectivity index is 1.83. The molecule has 2 aliphatic heterocycles. The van der Waals surface area contributed by atoms with Crippen molar-refractivity contribution in [2.45, 2.75) is 56.8 Å². The van der Waals surface area contributed by atoms with Crippen molar-refractivity contribution in [3.8, 4) is 0 Å². The number of aliphatic hydroxyl groups is 1. The van der Waals surface area contributed by atoms with Gasteiger partial charge in [0.2, 0.25) is 0 Å². The van der Waals surface area contributed by atoms with E-state index in [1.54, 1.807) is 0 Å². The van der Waals surface area contributed by atoms with E-state index in [0.29, 0.717) is 12.1 Å². The highest BCUT2D eigenvalue weighted by Gasteiger charge is 2.40. The lowest BCUT2D eigenvalue weighted by Gasteiger charge is -2.38. The predicted molar refractivity (Wildman–Crippen MR) is 71.4 cm³/mol. The number of hydrogen-bond acceptors (Lipinski definition) is 4. The molecule has 4 heteroatoms. The topological polar surface area (TPSA) is 62.4 Å². The molecule has 98 valence electrons. The highest BCUT2D eigenvalue weighted by molar-refractivity contribution is 5.44. The maximum absolute atomic E-state index is 9.81. The Labute approximate surface area is 108 Å². The largest absolute Gasteiger partial charge is 0.393 e. The van der Waals surface area contributed by atoms with Gasteiger partial charge in [0.25, 0.3) is 0 Å². The van der Waals surface area contributed by atoms with Crippen LogP contribution in [0.2, 0.25) is 0 Å². The lowest BCUT2D eigenvalue weighted by molar-refractivity contribution is 0.126. The zero-order chi connectivity index (χ0) is 12.7. The number of anilines is 1. The van der Waals surface area contributed by atoms with Crippen LogP contribution in [0.25, 0.3) is 0 Å². The molecule has 0 amide bonds. The van der Waals surface area contributed by atoms with Crippen molar-refractivity contribution in [3.63, 3.8) is 0 Å². The number of pyridine rings is 1. The highest BCUT2D eigenvalue weighted by atomic mass is 16.3. The summed E-state index contributed by atoms with van der Waals surface area (Å²) in [4.78, 5) is 6.95. The Bertz CT molecular complexity index is 404. The third kappa shape index (κ3) is 1.99. The van der Waals surface area contributed by atoms with E-state index < -0.39 is 0 Å². The Morgan fingerprint density at radius 3 is 2.50 bits per heavy atom. The van der Waals surface area contributed by atoms with Crippen LogP contribution < -0.4 is 10.6 Å². The monoisotopic (exact) mass is 247 g/mol. The van der Waals surface area contributed by atoms with Gasteiger partial charge in [0.1, 0.15) is 5.82 Å². The van der Waals surface area contributed by atoms with E-state index in [1.165, 1.54) is 12.8 Å². The van der Waals surface area contributed by atoms with Crippen molar-refractivity contribution in [1.82, 2.24) is 4.98 Å². The van der Waals surface area contributed by atoms with Gasteiger partial charge < -0.3 is 15.7 Å². The van der Waals surface area contributed by atoms with Gasteiger partial charge >= 0.3 is 0 Å². The van der Waals surface area contributed by atoms with Crippen LogP contribution >= 0.6 is 0 Å². The molecule has 0 radical (unpaired) electrons. The van der Waals surface area contributed by atoms with Crippen molar-refractivity contribution >= 4 is 5.82 Å². The van der Waals surface area contributed by atoms with Crippen molar-refractivity contribution < 1.29 is 5.11 Å². The van der Waals surface area contributed by atoms with E-state index in [2.05, 4.69) is 22.0 Å². The van der Waals surface area contributed by atoms with E-state index in [-0.39, 0.29) is 12.1 Å². The zero-order valence-electron chi connectivity index (χ0n) is 10.8. The van der Waals surface area contributed by atoms with Gasteiger partial charge in [-0.05, 0) is 44.2 Å². The van der Waals surface area contributed by atoms with Gasteiger partial charge in [-0.3, -0.25) is 0 Å².